The van der Waals surface area contributed by atoms with Crippen molar-refractivity contribution in [3.05, 3.63) is 132 Å². The minimum absolute atomic E-state index is 0.364. The molecule has 4 rings (SSSR count). The van der Waals surface area contributed by atoms with Gasteiger partial charge < -0.3 is 36.1 Å². The molecular weight excluding hydrogens is 534 g/mol. The number of nitrogens with two attached hydrogens (primary N) is 2. The molecule has 43 heavy (non-hydrogen) atoms. The summed E-state index contributed by atoms with van der Waals surface area (Å²) in [4.78, 5) is 0. The minimum atomic E-state index is -0.423. The summed E-state index contributed by atoms with van der Waals surface area (Å²) in [6.45, 7) is 4.31. The van der Waals surface area contributed by atoms with Crippen molar-refractivity contribution in [1.82, 2.24) is 10.6 Å². The summed E-state index contributed by atoms with van der Waals surface area (Å²) < 4.78 is 20.6. The van der Waals surface area contributed by atoms with Crippen molar-refractivity contribution in [3.63, 3.8) is 0 Å². The Morgan fingerprint density at radius 1 is 0.488 bits per heavy atom. The molecule has 2 atom stereocenters. The number of benzene rings is 4. The molecule has 0 aliphatic carbocycles. The number of hydrogen-bond acceptors (Lipinski definition) is 7. The molecule has 6 N–H and O–H groups in total. The van der Waals surface area contributed by atoms with Crippen LogP contribution in [0.5, 0.6) is 0 Å². The van der Waals surface area contributed by atoms with E-state index in [0.29, 0.717) is 39.4 Å². The highest BCUT2D eigenvalue weighted by Gasteiger charge is 2.39. The van der Waals surface area contributed by atoms with Gasteiger partial charge in [0, 0.05) is 52.5 Å². The molecule has 0 aliphatic rings. The zero-order chi connectivity index (χ0) is 30.0. The third-order valence-electron chi connectivity index (χ3n) is 7.15. The zero-order valence-electron chi connectivity index (χ0n) is 24.9. The molecule has 0 saturated heterocycles. The van der Waals surface area contributed by atoms with Crippen molar-refractivity contribution in [2.45, 2.75) is 12.0 Å². The summed E-state index contributed by atoms with van der Waals surface area (Å²) >= 11 is 0. The smallest absolute Gasteiger partial charge is 0.361 e. The van der Waals surface area contributed by atoms with E-state index in [9.17, 15) is 0 Å². The fourth-order valence-electron chi connectivity index (χ4n) is 5.07. The molecule has 9 heteroatoms. The second kappa shape index (κ2) is 19.1. The summed E-state index contributed by atoms with van der Waals surface area (Å²) in [6, 6.07) is 40.4. The van der Waals surface area contributed by atoms with Crippen LogP contribution in [-0.4, -0.2) is 66.3 Å². The molecule has 0 heterocycles. The van der Waals surface area contributed by atoms with Crippen LogP contribution < -0.4 is 33.0 Å². The summed E-state index contributed by atoms with van der Waals surface area (Å²) in [6.07, 6.45) is 0. The lowest BCUT2D eigenvalue weighted by Crippen LogP contribution is -2.47. The largest absolute Gasteiger partial charge is 0.427 e. The standard InChI is InChI=1S/C34H44B2N4O3/c37-21-23-39-25-27-41-35(31-17-9-3-10-18-31)33(29-13-5-1-6-14-29)43-34(30-15-7-2-8-16-30)36(32-19-11-4-12-20-32)42-28-26-40-24-22-38/h1-20,33-34,39-40H,21-28,37-38H2. The number of nitrogens with one attached hydrogen (secondary N) is 2. The van der Waals surface area contributed by atoms with Gasteiger partial charge in [0.25, 0.3) is 0 Å². The van der Waals surface area contributed by atoms with Crippen LogP contribution in [0.1, 0.15) is 23.1 Å². The van der Waals surface area contributed by atoms with E-state index in [0.717, 1.165) is 35.1 Å². The number of ether oxygens (including phenoxy) is 1. The normalized spacial score (nSPS) is 12.5. The first kappa shape index (κ1) is 32.6. The molecule has 224 valence electrons. The number of rotatable bonds is 20. The average molecular weight is 578 g/mol. The van der Waals surface area contributed by atoms with Crippen molar-refractivity contribution in [1.29, 1.82) is 0 Å². The SMILES string of the molecule is NCCNCCOB(c1ccccc1)C(OC(B(OCCNCCN)c1ccccc1)c1ccccc1)c1ccccc1. The van der Waals surface area contributed by atoms with Crippen LogP contribution in [0, 0.1) is 0 Å². The fourth-order valence-corrected chi connectivity index (χ4v) is 5.07. The highest BCUT2D eigenvalue weighted by molar-refractivity contribution is 6.69. The maximum Gasteiger partial charge on any atom is 0.361 e. The zero-order valence-corrected chi connectivity index (χ0v) is 24.9. The Hall–Kier alpha value is -3.27. The van der Waals surface area contributed by atoms with Gasteiger partial charge in [0.2, 0.25) is 0 Å². The average Bonchev–Trinajstić information content (AvgIpc) is 3.07. The van der Waals surface area contributed by atoms with Crippen LogP contribution in [-0.2, 0) is 14.0 Å². The van der Waals surface area contributed by atoms with Crippen molar-refractivity contribution >= 4 is 24.8 Å². The third-order valence-corrected chi connectivity index (χ3v) is 7.15. The third kappa shape index (κ3) is 10.4. The van der Waals surface area contributed by atoms with Gasteiger partial charge >= 0.3 is 13.8 Å². The van der Waals surface area contributed by atoms with Gasteiger partial charge in [-0.3, -0.25) is 0 Å². The topological polar surface area (TPSA) is 104 Å². The van der Waals surface area contributed by atoms with Crippen LogP contribution >= 0.6 is 0 Å². The molecule has 0 bridgehead atoms. The van der Waals surface area contributed by atoms with Crippen LogP contribution in [0.2, 0.25) is 0 Å². The summed E-state index contributed by atoms with van der Waals surface area (Å²) in [5, 5.41) is 6.68. The molecule has 0 aromatic heterocycles. The molecule has 0 radical (unpaired) electrons. The summed E-state index contributed by atoms with van der Waals surface area (Å²) in [5.74, 6) is 0. The molecule has 0 aliphatic heterocycles. The molecule has 7 nitrogen and oxygen atoms in total. The molecule has 0 spiro atoms. The van der Waals surface area contributed by atoms with Gasteiger partial charge in [-0.05, 0) is 22.1 Å². The first-order valence-corrected chi connectivity index (χ1v) is 15.2. The monoisotopic (exact) mass is 578 g/mol. The number of hydrogen-bond donors (Lipinski definition) is 4. The van der Waals surface area contributed by atoms with Gasteiger partial charge in [0.05, 0.1) is 12.0 Å². The maximum atomic E-state index is 7.28. The Morgan fingerprint density at radius 3 is 1.19 bits per heavy atom. The van der Waals surface area contributed by atoms with Crippen LogP contribution in [0.3, 0.4) is 0 Å². The second-order valence-corrected chi connectivity index (χ2v) is 10.3. The Balaban J connectivity index is 1.73. The van der Waals surface area contributed by atoms with Crippen molar-refractivity contribution < 1.29 is 14.0 Å². The minimum Gasteiger partial charge on any atom is -0.427 e. The van der Waals surface area contributed by atoms with Gasteiger partial charge in [-0.1, -0.05) is 121 Å². The Labute approximate surface area is 257 Å². The molecule has 4 aromatic rings. The summed E-state index contributed by atoms with van der Waals surface area (Å²) in [7, 11) is 0. The second-order valence-electron chi connectivity index (χ2n) is 10.3. The molecule has 0 fully saturated rings. The lowest BCUT2D eigenvalue weighted by atomic mass is 9.51. The van der Waals surface area contributed by atoms with Gasteiger partial charge in [0.1, 0.15) is 0 Å². The van der Waals surface area contributed by atoms with Crippen LogP contribution in [0.4, 0.5) is 0 Å². The first-order chi connectivity index (χ1) is 21.3. The van der Waals surface area contributed by atoms with E-state index in [1.807, 2.05) is 72.8 Å². The highest BCUT2D eigenvalue weighted by Crippen LogP contribution is 2.31. The Morgan fingerprint density at radius 2 is 0.837 bits per heavy atom. The van der Waals surface area contributed by atoms with Crippen molar-refractivity contribution in [2.75, 3.05) is 52.5 Å². The van der Waals surface area contributed by atoms with Gasteiger partial charge in [-0.25, -0.2) is 0 Å². The van der Waals surface area contributed by atoms with E-state index < -0.39 is 12.0 Å². The molecule has 0 saturated carbocycles. The van der Waals surface area contributed by atoms with E-state index in [1.54, 1.807) is 0 Å². The van der Waals surface area contributed by atoms with E-state index in [1.165, 1.54) is 0 Å². The van der Waals surface area contributed by atoms with Crippen molar-refractivity contribution in [3.8, 4) is 0 Å². The Bertz CT molecular complexity index is 1160. The van der Waals surface area contributed by atoms with Gasteiger partial charge in [-0.15, -0.1) is 0 Å². The van der Waals surface area contributed by atoms with E-state index in [2.05, 4.69) is 59.2 Å². The molecule has 0 amide bonds. The summed E-state index contributed by atoms with van der Waals surface area (Å²) in [5.41, 5.74) is 15.5. The predicted octanol–water partition coefficient (Wildman–Crippen LogP) is 2.49. The van der Waals surface area contributed by atoms with E-state index in [4.69, 9.17) is 25.5 Å². The molecular formula is C34H44B2N4O3. The Kier molecular flexibility index (Phi) is 14.5. The lowest BCUT2D eigenvalue weighted by molar-refractivity contribution is 0.0507. The first-order valence-electron chi connectivity index (χ1n) is 15.2. The van der Waals surface area contributed by atoms with Crippen molar-refractivity contribution in [2.24, 2.45) is 11.5 Å². The fraction of sp³-hybridized carbons (Fsp3) is 0.294. The van der Waals surface area contributed by atoms with E-state index >= 15 is 0 Å². The molecule has 2 unspecified atom stereocenters. The maximum absolute atomic E-state index is 7.28. The quantitative estimate of drug-likeness (QED) is 0.0945. The highest BCUT2D eigenvalue weighted by atomic mass is 16.5. The van der Waals surface area contributed by atoms with E-state index in [-0.39, 0.29) is 13.8 Å². The van der Waals surface area contributed by atoms with Gasteiger partial charge in [-0.2, -0.15) is 0 Å². The van der Waals surface area contributed by atoms with Crippen LogP contribution in [0.25, 0.3) is 0 Å². The molecule has 4 aromatic carbocycles. The lowest BCUT2D eigenvalue weighted by Gasteiger charge is -2.33. The predicted molar refractivity (Wildman–Crippen MR) is 179 cm³/mol. The van der Waals surface area contributed by atoms with Crippen LogP contribution in [0.15, 0.2) is 121 Å². The van der Waals surface area contributed by atoms with Gasteiger partial charge in [0.15, 0.2) is 0 Å².